The van der Waals surface area contributed by atoms with Crippen molar-refractivity contribution < 1.29 is 14.7 Å². The summed E-state index contributed by atoms with van der Waals surface area (Å²) in [4.78, 5) is 23.9. The first-order valence-corrected chi connectivity index (χ1v) is 5.02. The molecule has 2 rings (SSSR count). The van der Waals surface area contributed by atoms with E-state index in [1.165, 1.54) is 11.8 Å². The van der Waals surface area contributed by atoms with Crippen molar-refractivity contribution in [2.24, 2.45) is 13.0 Å². The number of carboxylic acid groups (broad SMARTS) is 1. The molecule has 2 heterocycles. The van der Waals surface area contributed by atoms with Crippen LogP contribution in [0, 0.1) is 5.92 Å². The Hall–Kier alpha value is -1.85. The molecule has 1 atom stereocenters. The van der Waals surface area contributed by atoms with Gasteiger partial charge in [-0.3, -0.25) is 14.3 Å². The molecule has 1 N–H and O–H groups in total. The van der Waals surface area contributed by atoms with E-state index in [0.717, 1.165) is 11.4 Å². The van der Waals surface area contributed by atoms with E-state index < -0.39 is 11.9 Å². The largest absolute Gasteiger partial charge is 0.481 e. The molecule has 1 aromatic rings. The number of aryl methyl sites for hydroxylation is 1. The SMILES string of the molecule is CC(=O)N1CC(C(=O)O)Cc2c1cnn2C. The van der Waals surface area contributed by atoms with Crippen LogP contribution in [-0.4, -0.2) is 33.3 Å². The van der Waals surface area contributed by atoms with Crippen molar-refractivity contribution in [3.8, 4) is 0 Å². The molecule has 0 aromatic carbocycles. The molecule has 0 saturated carbocycles. The molecule has 1 aromatic heterocycles. The van der Waals surface area contributed by atoms with Gasteiger partial charge in [-0.1, -0.05) is 0 Å². The maximum atomic E-state index is 11.4. The van der Waals surface area contributed by atoms with Crippen LogP contribution in [0.2, 0.25) is 0 Å². The van der Waals surface area contributed by atoms with Crippen LogP contribution in [0.15, 0.2) is 6.20 Å². The Morgan fingerprint density at radius 3 is 2.81 bits per heavy atom. The average Bonchev–Trinajstić information content (AvgIpc) is 2.59. The highest BCUT2D eigenvalue weighted by Gasteiger charge is 2.33. The first kappa shape index (κ1) is 10.7. The van der Waals surface area contributed by atoms with Gasteiger partial charge in [0, 0.05) is 26.9 Å². The van der Waals surface area contributed by atoms with Gasteiger partial charge in [-0.2, -0.15) is 5.10 Å². The number of hydrogen-bond acceptors (Lipinski definition) is 3. The minimum atomic E-state index is -0.877. The number of anilines is 1. The number of carbonyl (C=O) groups excluding carboxylic acids is 1. The van der Waals surface area contributed by atoms with Gasteiger partial charge in [-0.05, 0) is 0 Å². The lowest BCUT2D eigenvalue weighted by Crippen LogP contribution is -2.41. The summed E-state index contributed by atoms with van der Waals surface area (Å²) in [5.74, 6) is -1.58. The van der Waals surface area contributed by atoms with E-state index in [-0.39, 0.29) is 12.5 Å². The second-order valence-electron chi connectivity index (χ2n) is 3.97. The second-order valence-corrected chi connectivity index (χ2v) is 3.97. The third kappa shape index (κ3) is 1.56. The average molecular weight is 223 g/mol. The summed E-state index contributed by atoms with van der Waals surface area (Å²) in [6.45, 7) is 1.66. The van der Waals surface area contributed by atoms with Crippen LogP contribution in [0.25, 0.3) is 0 Å². The van der Waals surface area contributed by atoms with Crippen LogP contribution in [-0.2, 0) is 23.1 Å². The molecule has 0 spiro atoms. The van der Waals surface area contributed by atoms with Crippen LogP contribution in [0.3, 0.4) is 0 Å². The van der Waals surface area contributed by atoms with Gasteiger partial charge < -0.3 is 10.0 Å². The fraction of sp³-hybridized carbons (Fsp3) is 0.500. The topological polar surface area (TPSA) is 75.4 Å². The predicted octanol–water partition coefficient (Wildman–Crippen LogP) is 0.0299. The summed E-state index contributed by atoms with van der Waals surface area (Å²) < 4.78 is 1.63. The van der Waals surface area contributed by atoms with E-state index in [1.54, 1.807) is 17.9 Å². The van der Waals surface area contributed by atoms with Gasteiger partial charge >= 0.3 is 5.97 Å². The predicted molar refractivity (Wildman–Crippen MR) is 56.1 cm³/mol. The number of fused-ring (bicyclic) bond motifs is 1. The summed E-state index contributed by atoms with van der Waals surface area (Å²) >= 11 is 0. The number of rotatable bonds is 1. The summed E-state index contributed by atoms with van der Waals surface area (Å²) in [6.07, 6.45) is 2.03. The summed E-state index contributed by atoms with van der Waals surface area (Å²) in [7, 11) is 1.75. The number of carboxylic acids is 1. The maximum Gasteiger partial charge on any atom is 0.308 e. The zero-order chi connectivity index (χ0) is 11.9. The Morgan fingerprint density at radius 2 is 2.25 bits per heavy atom. The zero-order valence-corrected chi connectivity index (χ0v) is 9.17. The van der Waals surface area contributed by atoms with Crippen LogP contribution < -0.4 is 4.90 Å². The minimum Gasteiger partial charge on any atom is -0.481 e. The van der Waals surface area contributed by atoms with E-state index >= 15 is 0 Å². The van der Waals surface area contributed by atoms with E-state index in [9.17, 15) is 9.59 Å². The molecule has 0 saturated heterocycles. The Labute approximate surface area is 92.5 Å². The fourth-order valence-electron chi connectivity index (χ4n) is 1.99. The third-order valence-electron chi connectivity index (χ3n) is 2.90. The zero-order valence-electron chi connectivity index (χ0n) is 9.17. The molecule has 86 valence electrons. The first-order chi connectivity index (χ1) is 7.50. The molecule has 1 aliphatic heterocycles. The molecule has 6 nitrogen and oxygen atoms in total. The lowest BCUT2D eigenvalue weighted by Gasteiger charge is -2.29. The van der Waals surface area contributed by atoms with Crippen LogP contribution >= 0.6 is 0 Å². The van der Waals surface area contributed by atoms with Crippen molar-refractivity contribution in [3.05, 3.63) is 11.9 Å². The van der Waals surface area contributed by atoms with Gasteiger partial charge in [-0.25, -0.2) is 0 Å². The van der Waals surface area contributed by atoms with Gasteiger partial charge in [0.15, 0.2) is 0 Å². The molecule has 6 heteroatoms. The van der Waals surface area contributed by atoms with Crippen molar-refractivity contribution in [2.45, 2.75) is 13.3 Å². The van der Waals surface area contributed by atoms with E-state index in [0.29, 0.717) is 6.42 Å². The number of hydrogen-bond donors (Lipinski definition) is 1. The molecule has 1 unspecified atom stereocenters. The number of carbonyl (C=O) groups is 2. The summed E-state index contributed by atoms with van der Waals surface area (Å²) in [5.41, 5.74) is 1.53. The first-order valence-electron chi connectivity index (χ1n) is 5.02. The van der Waals surface area contributed by atoms with E-state index in [4.69, 9.17) is 5.11 Å². The summed E-state index contributed by atoms with van der Waals surface area (Å²) in [6, 6.07) is 0. The molecule has 0 fully saturated rings. The van der Waals surface area contributed by atoms with Gasteiger partial charge in [-0.15, -0.1) is 0 Å². The van der Waals surface area contributed by atoms with E-state index in [2.05, 4.69) is 5.10 Å². The Balaban J connectivity index is 2.42. The molecule has 1 aliphatic rings. The van der Waals surface area contributed by atoms with Crippen LogP contribution in [0.5, 0.6) is 0 Å². The minimum absolute atomic E-state index is 0.153. The molecular formula is C10H13N3O3. The Kier molecular flexibility index (Phi) is 2.41. The standard InChI is InChI=1S/C10H13N3O3/c1-6(14)13-5-7(10(15)16)3-8-9(13)4-11-12(8)2/h4,7H,3,5H2,1-2H3,(H,15,16). The van der Waals surface area contributed by atoms with Gasteiger partial charge in [0.2, 0.25) is 5.91 Å². The molecule has 0 bridgehead atoms. The van der Waals surface area contributed by atoms with Crippen molar-refractivity contribution in [1.29, 1.82) is 0 Å². The normalized spacial score (nSPS) is 19.4. The van der Waals surface area contributed by atoms with Crippen molar-refractivity contribution in [3.63, 3.8) is 0 Å². The molecule has 0 radical (unpaired) electrons. The Morgan fingerprint density at radius 1 is 1.56 bits per heavy atom. The number of amides is 1. The highest BCUT2D eigenvalue weighted by atomic mass is 16.4. The van der Waals surface area contributed by atoms with Crippen LogP contribution in [0.1, 0.15) is 12.6 Å². The number of aliphatic carboxylic acids is 1. The second kappa shape index (κ2) is 3.62. The fourth-order valence-corrected chi connectivity index (χ4v) is 1.99. The van der Waals surface area contributed by atoms with Crippen molar-refractivity contribution in [1.82, 2.24) is 9.78 Å². The molecule has 16 heavy (non-hydrogen) atoms. The Bertz CT molecular complexity index is 452. The third-order valence-corrected chi connectivity index (χ3v) is 2.90. The van der Waals surface area contributed by atoms with Gasteiger partial charge in [0.05, 0.1) is 23.5 Å². The number of nitrogens with zero attached hydrogens (tertiary/aromatic N) is 3. The van der Waals surface area contributed by atoms with Crippen molar-refractivity contribution in [2.75, 3.05) is 11.4 Å². The maximum absolute atomic E-state index is 11.4. The molecular weight excluding hydrogens is 210 g/mol. The highest BCUT2D eigenvalue weighted by molar-refractivity contribution is 5.93. The lowest BCUT2D eigenvalue weighted by molar-refractivity contribution is -0.141. The smallest absolute Gasteiger partial charge is 0.308 e. The molecule has 1 amide bonds. The van der Waals surface area contributed by atoms with E-state index in [1.807, 2.05) is 0 Å². The molecule has 0 aliphatic carbocycles. The lowest BCUT2D eigenvalue weighted by atomic mass is 9.97. The monoisotopic (exact) mass is 223 g/mol. The number of aromatic nitrogens is 2. The summed E-state index contributed by atoms with van der Waals surface area (Å²) in [5, 5.41) is 13.1. The van der Waals surface area contributed by atoms with Gasteiger partial charge in [0.1, 0.15) is 0 Å². The van der Waals surface area contributed by atoms with Crippen LogP contribution in [0.4, 0.5) is 5.69 Å². The highest BCUT2D eigenvalue weighted by Crippen LogP contribution is 2.29. The van der Waals surface area contributed by atoms with Crippen molar-refractivity contribution >= 4 is 17.6 Å². The van der Waals surface area contributed by atoms with Gasteiger partial charge in [0.25, 0.3) is 0 Å². The quantitative estimate of drug-likeness (QED) is 0.728.